The highest BCUT2D eigenvalue weighted by molar-refractivity contribution is 5.80. The number of nitrogens with two attached hydrogens (primary N) is 1. The van der Waals surface area contributed by atoms with Gasteiger partial charge in [0.05, 0.1) is 0 Å². The molecule has 0 aliphatic rings. The molecule has 0 fully saturated rings. The van der Waals surface area contributed by atoms with E-state index in [1.807, 2.05) is 24.7 Å². The number of Topliss-reactive ketones (excluding diaryl/α,β-unsaturated/α-hetero) is 1. The van der Waals surface area contributed by atoms with E-state index >= 15 is 0 Å². The van der Waals surface area contributed by atoms with E-state index in [0.29, 0.717) is 18.7 Å². The Labute approximate surface area is 96.9 Å². The van der Waals surface area contributed by atoms with E-state index in [9.17, 15) is 4.79 Å². The first-order valence-corrected chi connectivity index (χ1v) is 5.84. The van der Waals surface area contributed by atoms with E-state index in [1.165, 1.54) is 0 Å². The van der Waals surface area contributed by atoms with Crippen LogP contribution in [0.2, 0.25) is 0 Å². The summed E-state index contributed by atoms with van der Waals surface area (Å²) in [6.07, 6.45) is 6.80. The molecule has 0 aliphatic carbocycles. The number of hydrogen-bond donors (Lipinski definition) is 1. The molecule has 0 bridgehead atoms. The maximum atomic E-state index is 11.8. The van der Waals surface area contributed by atoms with Gasteiger partial charge in [0.1, 0.15) is 11.6 Å². The summed E-state index contributed by atoms with van der Waals surface area (Å²) in [6, 6.07) is 0. The molecule has 16 heavy (non-hydrogen) atoms. The van der Waals surface area contributed by atoms with Crippen LogP contribution in [-0.4, -0.2) is 21.9 Å². The largest absolute Gasteiger partial charge is 0.338 e. The third-order valence-electron chi connectivity index (χ3n) is 2.91. The molecule has 0 aromatic carbocycles. The van der Waals surface area contributed by atoms with E-state index < -0.39 is 0 Å². The fraction of sp³-hybridized carbons (Fsp3) is 0.667. The van der Waals surface area contributed by atoms with Crippen molar-refractivity contribution in [1.29, 1.82) is 0 Å². The highest BCUT2D eigenvalue weighted by Crippen LogP contribution is 2.10. The Morgan fingerprint density at radius 3 is 2.94 bits per heavy atom. The molecule has 1 rings (SSSR count). The second-order valence-electron chi connectivity index (χ2n) is 4.25. The van der Waals surface area contributed by atoms with Gasteiger partial charge in [-0.15, -0.1) is 0 Å². The average Bonchev–Trinajstić information content (AvgIpc) is 2.68. The molecule has 0 aliphatic heterocycles. The van der Waals surface area contributed by atoms with Crippen molar-refractivity contribution in [2.45, 2.75) is 32.6 Å². The number of nitrogens with zero attached hydrogens (tertiary/aromatic N) is 2. The van der Waals surface area contributed by atoms with Crippen LogP contribution in [0.1, 0.15) is 32.0 Å². The number of hydrogen-bond acceptors (Lipinski definition) is 3. The van der Waals surface area contributed by atoms with E-state index in [-0.39, 0.29) is 5.92 Å². The van der Waals surface area contributed by atoms with Crippen molar-refractivity contribution in [2.75, 3.05) is 6.54 Å². The minimum Gasteiger partial charge on any atom is -0.338 e. The lowest BCUT2D eigenvalue weighted by atomic mass is 9.97. The number of rotatable bonds is 7. The first-order chi connectivity index (χ1) is 7.65. The quantitative estimate of drug-likeness (QED) is 0.758. The Bertz CT molecular complexity index is 333. The summed E-state index contributed by atoms with van der Waals surface area (Å²) in [5.74, 6) is 1.42. The smallest absolute Gasteiger partial charge is 0.136 e. The van der Waals surface area contributed by atoms with Crippen molar-refractivity contribution >= 4 is 5.78 Å². The molecule has 1 aromatic heterocycles. The van der Waals surface area contributed by atoms with E-state index in [1.54, 1.807) is 6.20 Å². The molecular formula is C12H21N3O. The molecule has 4 heteroatoms. The third kappa shape index (κ3) is 3.77. The summed E-state index contributed by atoms with van der Waals surface area (Å²) < 4.78 is 1.96. The minimum absolute atomic E-state index is 0.129. The molecule has 4 nitrogen and oxygen atoms in total. The minimum atomic E-state index is 0.129. The van der Waals surface area contributed by atoms with Crippen LogP contribution in [0.3, 0.4) is 0 Å². The number of ketones is 1. The normalized spacial score (nSPS) is 12.7. The van der Waals surface area contributed by atoms with Gasteiger partial charge < -0.3 is 10.3 Å². The van der Waals surface area contributed by atoms with Crippen LogP contribution < -0.4 is 5.73 Å². The third-order valence-corrected chi connectivity index (χ3v) is 2.91. The van der Waals surface area contributed by atoms with Crippen molar-refractivity contribution in [2.24, 2.45) is 18.7 Å². The molecular weight excluding hydrogens is 202 g/mol. The molecule has 1 aromatic rings. The second kappa shape index (κ2) is 6.43. The first kappa shape index (κ1) is 12.9. The Kier molecular flexibility index (Phi) is 5.19. The topological polar surface area (TPSA) is 60.9 Å². The predicted octanol–water partition coefficient (Wildman–Crippen LogP) is 1.30. The number of carbonyl (C=O) groups is 1. The van der Waals surface area contributed by atoms with Crippen molar-refractivity contribution in [1.82, 2.24) is 9.55 Å². The van der Waals surface area contributed by atoms with E-state index in [2.05, 4.69) is 4.98 Å². The zero-order valence-corrected chi connectivity index (χ0v) is 10.1. The molecule has 0 radical (unpaired) electrons. The van der Waals surface area contributed by atoms with Crippen molar-refractivity contribution < 1.29 is 4.79 Å². The maximum Gasteiger partial charge on any atom is 0.136 e. The van der Waals surface area contributed by atoms with Crippen molar-refractivity contribution in [3.63, 3.8) is 0 Å². The SMILES string of the molecule is CC(CCCN)C(=O)CCc1nccn1C. The van der Waals surface area contributed by atoms with Gasteiger partial charge in [-0.25, -0.2) is 4.98 Å². The van der Waals surface area contributed by atoms with Gasteiger partial charge in [-0.2, -0.15) is 0 Å². The van der Waals surface area contributed by atoms with Gasteiger partial charge >= 0.3 is 0 Å². The highest BCUT2D eigenvalue weighted by Gasteiger charge is 2.13. The standard InChI is InChI=1S/C12H21N3O/c1-10(4-3-7-13)11(16)5-6-12-14-8-9-15(12)2/h8-10H,3-7,13H2,1-2H3. The average molecular weight is 223 g/mol. The first-order valence-electron chi connectivity index (χ1n) is 5.84. The van der Waals surface area contributed by atoms with Gasteiger partial charge in [-0.05, 0) is 19.4 Å². The molecule has 0 saturated carbocycles. The van der Waals surface area contributed by atoms with Gasteiger partial charge in [0.2, 0.25) is 0 Å². The lowest BCUT2D eigenvalue weighted by Gasteiger charge is -2.09. The summed E-state index contributed by atoms with van der Waals surface area (Å²) in [5, 5.41) is 0. The molecule has 0 amide bonds. The fourth-order valence-electron chi connectivity index (χ4n) is 1.70. The number of carbonyl (C=O) groups excluding carboxylic acids is 1. The highest BCUT2D eigenvalue weighted by atomic mass is 16.1. The Balaban J connectivity index is 2.32. The zero-order valence-electron chi connectivity index (χ0n) is 10.1. The number of imidazole rings is 1. The summed E-state index contributed by atoms with van der Waals surface area (Å²) in [6.45, 7) is 2.65. The van der Waals surface area contributed by atoms with Crippen LogP contribution in [0, 0.1) is 5.92 Å². The number of aryl methyl sites for hydroxylation is 2. The zero-order chi connectivity index (χ0) is 12.0. The van der Waals surface area contributed by atoms with Gasteiger partial charge in [0, 0.05) is 38.2 Å². The van der Waals surface area contributed by atoms with Crippen LogP contribution in [0.15, 0.2) is 12.4 Å². The van der Waals surface area contributed by atoms with E-state index in [4.69, 9.17) is 5.73 Å². The Hall–Kier alpha value is -1.16. The van der Waals surface area contributed by atoms with Crippen LogP contribution in [0.25, 0.3) is 0 Å². The van der Waals surface area contributed by atoms with Gasteiger partial charge in [-0.3, -0.25) is 4.79 Å². The monoisotopic (exact) mass is 223 g/mol. The van der Waals surface area contributed by atoms with Crippen LogP contribution in [0.5, 0.6) is 0 Å². The van der Waals surface area contributed by atoms with Crippen molar-refractivity contribution in [3.8, 4) is 0 Å². The van der Waals surface area contributed by atoms with Crippen LogP contribution in [-0.2, 0) is 18.3 Å². The fourth-order valence-corrected chi connectivity index (χ4v) is 1.70. The molecule has 1 unspecified atom stereocenters. The van der Waals surface area contributed by atoms with Gasteiger partial charge in [0.25, 0.3) is 0 Å². The summed E-state index contributed by atoms with van der Waals surface area (Å²) in [5.41, 5.74) is 5.42. The molecule has 1 heterocycles. The maximum absolute atomic E-state index is 11.8. The molecule has 0 saturated heterocycles. The summed E-state index contributed by atoms with van der Waals surface area (Å²) >= 11 is 0. The number of aromatic nitrogens is 2. The summed E-state index contributed by atoms with van der Waals surface area (Å²) in [7, 11) is 1.95. The Morgan fingerprint density at radius 1 is 1.62 bits per heavy atom. The molecule has 1 atom stereocenters. The lowest BCUT2D eigenvalue weighted by molar-refractivity contribution is -0.122. The molecule has 2 N–H and O–H groups in total. The molecule has 90 valence electrons. The predicted molar refractivity (Wildman–Crippen MR) is 64.0 cm³/mol. The van der Waals surface area contributed by atoms with Gasteiger partial charge in [0.15, 0.2) is 0 Å². The van der Waals surface area contributed by atoms with E-state index in [0.717, 1.165) is 25.1 Å². The lowest BCUT2D eigenvalue weighted by Crippen LogP contribution is -2.14. The molecule has 0 spiro atoms. The van der Waals surface area contributed by atoms with Gasteiger partial charge in [-0.1, -0.05) is 6.92 Å². The second-order valence-corrected chi connectivity index (χ2v) is 4.25. The summed E-state index contributed by atoms with van der Waals surface area (Å²) in [4.78, 5) is 16.0. The Morgan fingerprint density at radius 2 is 2.38 bits per heavy atom. The van der Waals surface area contributed by atoms with Crippen molar-refractivity contribution in [3.05, 3.63) is 18.2 Å². The van der Waals surface area contributed by atoms with Crippen LogP contribution >= 0.6 is 0 Å². The van der Waals surface area contributed by atoms with Crippen LogP contribution in [0.4, 0.5) is 0 Å².